The van der Waals surface area contributed by atoms with Crippen molar-refractivity contribution in [2.24, 2.45) is 0 Å². The second kappa shape index (κ2) is 9.74. The van der Waals surface area contributed by atoms with Crippen molar-refractivity contribution in [1.29, 1.82) is 0 Å². The van der Waals surface area contributed by atoms with Gasteiger partial charge in [-0.05, 0) is 57.4 Å². The molecule has 0 aliphatic carbocycles. The predicted octanol–water partition coefficient (Wildman–Crippen LogP) is 4.26. The summed E-state index contributed by atoms with van der Waals surface area (Å²) in [4.78, 5) is 27.4. The molecule has 0 radical (unpaired) electrons. The van der Waals surface area contributed by atoms with Crippen molar-refractivity contribution < 1.29 is 9.59 Å². The summed E-state index contributed by atoms with van der Waals surface area (Å²) < 4.78 is 0. The number of carbonyl (C=O) groups excluding carboxylic acids is 2. The standard InChI is InChI=1S/C23H29ClN2O2/c1-17(22(28)25-23(2,3)4)26(15-14-18-8-6-5-7-9-18)21(27)16-19-10-12-20(24)13-11-19/h5-13,17H,14-16H2,1-4H3,(H,25,28)/t17-/m1/s1. The molecular formula is C23H29ClN2O2. The van der Waals surface area contributed by atoms with Crippen LogP contribution in [-0.4, -0.2) is 34.8 Å². The minimum atomic E-state index is -0.553. The first kappa shape index (κ1) is 22.0. The Morgan fingerprint density at radius 3 is 2.18 bits per heavy atom. The van der Waals surface area contributed by atoms with Crippen LogP contribution in [0, 0.1) is 0 Å². The van der Waals surface area contributed by atoms with Gasteiger partial charge in [0.05, 0.1) is 6.42 Å². The number of nitrogens with zero attached hydrogens (tertiary/aromatic N) is 1. The van der Waals surface area contributed by atoms with Gasteiger partial charge in [-0.2, -0.15) is 0 Å². The van der Waals surface area contributed by atoms with Crippen molar-refractivity contribution in [2.45, 2.75) is 52.1 Å². The van der Waals surface area contributed by atoms with Crippen LogP contribution in [0.15, 0.2) is 54.6 Å². The van der Waals surface area contributed by atoms with Gasteiger partial charge in [0.25, 0.3) is 0 Å². The van der Waals surface area contributed by atoms with Crippen molar-refractivity contribution in [1.82, 2.24) is 10.2 Å². The lowest BCUT2D eigenvalue weighted by Crippen LogP contribution is -2.53. The summed E-state index contributed by atoms with van der Waals surface area (Å²) in [7, 11) is 0. The van der Waals surface area contributed by atoms with Crippen molar-refractivity contribution in [3.63, 3.8) is 0 Å². The van der Waals surface area contributed by atoms with E-state index >= 15 is 0 Å². The van der Waals surface area contributed by atoms with Gasteiger partial charge in [-0.25, -0.2) is 0 Å². The summed E-state index contributed by atoms with van der Waals surface area (Å²) in [6, 6.07) is 16.7. The lowest BCUT2D eigenvalue weighted by Gasteiger charge is -2.31. The maximum Gasteiger partial charge on any atom is 0.242 e. The van der Waals surface area contributed by atoms with Crippen LogP contribution in [0.2, 0.25) is 5.02 Å². The van der Waals surface area contributed by atoms with Crippen LogP contribution in [-0.2, 0) is 22.4 Å². The molecule has 0 saturated heterocycles. The molecule has 1 atom stereocenters. The smallest absolute Gasteiger partial charge is 0.242 e. The molecule has 0 aliphatic rings. The van der Waals surface area contributed by atoms with Gasteiger partial charge < -0.3 is 10.2 Å². The summed E-state index contributed by atoms with van der Waals surface area (Å²) in [5.74, 6) is -0.222. The summed E-state index contributed by atoms with van der Waals surface area (Å²) in [5.41, 5.74) is 1.66. The number of nitrogens with one attached hydrogen (secondary N) is 1. The van der Waals surface area contributed by atoms with Gasteiger partial charge in [0.2, 0.25) is 11.8 Å². The number of carbonyl (C=O) groups is 2. The van der Waals surface area contributed by atoms with Crippen molar-refractivity contribution in [3.05, 3.63) is 70.7 Å². The molecule has 0 aromatic heterocycles. The van der Waals surface area contributed by atoms with Crippen molar-refractivity contribution in [2.75, 3.05) is 6.54 Å². The molecule has 5 heteroatoms. The molecule has 0 bridgehead atoms. The summed E-state index contributed by atoms with van der Waals surface area (Å²) >= 11 is 5.93. The molecule has 0 unspecified atom stereocenters. The summed E-state index contributed by atoms with van der Waals surface area (Å²) in [5, 5.41) is 3.61. The number of benzene rings is 2. The van der Waals surface area contributed by atoms with E-state index in [-0.39, 0.29) is 23.8 Å². The first-order valence-corrected chi connectivity index (χ1v) is 9.93. The normalized spacial score (nSPS) is 12.3. The molecule has 2 amide bonds. The Morgan fingerprint density at radius 2 is 1.61 bits per heavy atom. The second-order valence-corrected chi connectivity index (χ2v) is 8.48. The molecule has 2 aromatic carbocycles. The highest BCUT2D eigenvalue weighted by molar-refractivity contribution is 6.30. The van der Waals surface area contributed by atoms with Crippen LogP contribution in [0.5, 0.6) is 0 Å². The average molecular weight is 401 g/mol. The van der Waals surface area contributed by atoms with Crippen LogP contribution in [0.3, 0.4) is 0 Å². The molecule has 2 aromatic rings. The van der Waals surface area contributed by atoms with Crippen LogP contribution in [0.4, 0.5) is 0 Å². The van der Waals surface area contributed by atoms with E-state index in [4.69, 9.17) is 11.6 Å². The van der Waals surface area contributed by atoms with Gasteiger partial charge in [-0.3, -0.25) is 9.59 Å². The van der Waals surface area contributed by atoms with Crippen LogP contribution in [0.25, 0.3) is 0 Å². The SMILES string of the molecule is C[C@H](C(=O)NC(C)(C)C)N(CCc1ccccc1)C(=O)Cc1ccc(Cl)cc1. The van der Waals surface area contributed by atoms with Gasteiger partial charge in [0.1, 0.15) is 6.04 Å². The predicted molar refractivity (Wildman–Crippen MR) is 114 cm³/mol. The minimum absolute atomic E-state index is 0.0742. The first-order valence-electron chi connectivity index (χ1n) is 9.55. The number of hydrogen-bond donors (Lipinski definition) is 1. The zero-order valence-corrected chi connectivity index (χ0v) is 17.8. The molecular weight excluding hydrogens is 372 g/mol. The van der Waals surface area contributed by atoms with E-state index in [2.05, 4.69) is 5.32 Å². The van der Waals surface area contributed by atoms with E-state index in [1.807, 2.05) is 63.2 Å². The number of rotatable bonds is 7. The second-order valence-electron chi connectivity index (χ2n) is 8.04. The fourth-order valence-corrected chi connectivity index (χ4v) is 3.05. The molecule has 0 saturated carbocycles. The zero-order chi connectivity index (χ0) is 20.7. The van der Waals surface area contributed by atoms with E-state index in [0.717, 1.165) is 11.1 Å². The molecule has 150 valence electrons. The van der Waals surface area contributed by atoms with Crippen LogP contribution < -0.4 is 5.32 Å². The lowest BCUT2D eigenvalue weighted by molar-refractivity contribution is -0.140. The fraction of sp³-hybridized carbons (Fsp3) is 0.391. The quantitative estimate of drug-likeness (QED) is 0.755. The molecule has 0 fully saturated rings. The van der Waals surface area contributed by atoms with E-state index in [1.165, 1.54) is 0 Å². The Kier molecular flexibility index (Phi) is 7.64. The molecule has 0 spiro atoms. The Bertz CT molecular complexity index is 782. The van der Waals surface area contributed by atoms with Gasteiger partial charge in [-0.1, -0.05) is 54.1 Å². The monoisotopic (exact) mass is 400 g/mol. The third-order valence-corrected chi connectivity index (χ3v) is 4.67. The maximum absolute atomic E-state index is 13.0. The average Bonchev–Trinajstić information content (AvgIpc) is 2.63. The van der Waals surface area contributed by atoms with Gasteiger partial charge >= 0.3 is 0 Å². The maximum atomic E-state index is 13.0. The van der Waals surface area contributed by atoms with Gasteiger partial charge in [-0.15, -0.1) is 0 Å². The fourth-order valence-electron chi connectivity index (χ4n) is 2.92. The Labute approximate surface area is 172 Å². The van der Waals surface area contributed by atoms with Gasteiger partial charge in [0, 0.05) is 17.1 Å². The minimum Gasteiger partial charge on any atom is -0.350 e. The molecule has 28 heavy (non-hydrogen) atoms. The molecule has 0 aliphatic heterocycles. The third kappa shape index (κ3) is 7.01. The lowest BCUT2D eigenvalue weighted by atomic mass is 10.1. The summed E-state index contributed by atoms with van der Waals surface area (Å²) in [6.45, 7) is 8.06. The molecule has 2 rings (SSSR count). The van der Waals surface area contributed by atoms with Crippen molar-refractivity contribution in [3.8, 4) is 0 Å². The van der Waals surface area contributed by atoms with E-state index < -0.39 is 6.04 Å². The number of hydrogen-bond acceptors (Lipinski definition) is 2. The topological polar surface area (TPSA) is 49.4 Å². The third-order valence-electron chi connectivity index (χ3n) is 4.42. The highest BCUT2D eigenvalue weighted by Crippen LogP contribution is 2.13. The van der Waals surface area contributed by atoms with Crippen LogP contribution in [0.1, 0.15) is 38.8 Å². The summed E-state index contributed by atoms with van der Waals surface area (Å²) in [6.07, 6.45) is 0.930. The number of halogens is 1. The van der Waals surface area contributed by atoms with E-state index in [0.29, 0.717) is 18.0 Å². The Balaban J connectivity index is 2.14. The number of amides is 2. The first-order chi connectivity index (χ1) is 13.2. The zero-order valence-electron chi connectivity index (χ0n) is 17.0. The largest absolute Gasteiger partial charge is 0.350 e. The Morgan fingerprint density at radius 1 is 1.00 bits per heavy atom. The van der Waals surface area contributed by atoms with Crippen molar-refractivity contribution >= 4 is 23.4 Å². The molecule has 0 heterocycles. The molecule has 1 N–H and O–H groups in total. The molecule has 4 nitrogen and oxygen atoms in total. The van der Waals surface area contributed by atoms with Gasteiger partial charge in [0.15, 0.2) is 0 Å². The van der Waals surface area contributed by atoms with E-state index in [1.54, 1.807) is 24.0 Å². The highest BCUT2D eigenvalue weighted by atomic mass is 35.5. The Hall–Kier alpha value is -2.33. The van der Waals surface area contributed by atoms with Crippen LogP contribution >= 0.6 is 11.6 Å². The van der Waals surface area contributed by atoms with E-state index in [9.17, 15) is 9.59 Å². The highest BCUT2D eigenvalue weighted by Gasteiger charge is 2.28.